The molecular formula is C8H15O4P. The zero-order valence-corrected chi connectivity index (χ0v) is 8.59. The van der Waals surface area contributed by atoms with Crippen LogP contribution < -0.4 is 0 Å². The summed E-state index contributed by atoms with van der Waals surface area (Å²) in [5, 5.41) is 0. The Labute approximate surface area is 77.9 Å². The van der Waals surface area contributed by atoms with E-state index in [0.29, 0.717) is 12.2 Å². The number of rotatable bonds is 4. The maximum absolute atomic E-state index is 10.6. The molecule has 0 atom stereocenters. The second kappa shape index (κ2) is 4.27. The summed E-state index contributed by atoms with van der Waals surface area (Å²) in [4.78, 5) is 17.2. The zero-order valence-electron chi connectivity index (χ0n) is 7.69. The number of phosphoric acid groups is 1. The van der Waals surface area contributed by atoms with Crippen LogP contribution in [0.25, 0.3) is 0 Å². The van der Waals surface area contributed by atoms with Gasteiger partial charge in [0.2, 0.25) is 0 Å². The minimum Gasteiger partial charge on any atom is -0.409 e. The fraction of sp³-hybridized carbons (Fsp3) is 0.750. The van der Waals surface area contributed by atoms with Crippen LogP contribution in [-0.4, -0.2) is 9.79 Å². The van der Waals surface area contributed by atoms with Gasteiger partial charge in [-0.3, -0.25) is 9.79 Å². The summed E-state index contributed by atoms with van der Waals surface area (Å²) < 4.78 is 15.2. The monoisotopic (exact) mass is 206 g/mol. The lowest BCUT2D eigenvalue weighted by molar-refractivity contribution is 0.237. The van der Waals surface area contributed by atoms with Crippen molar-refractivity contribution in [1.29, 1.82) is 0 Å². The molecule has 0 bridgehead atoms. The van der Waals surface area contributed by atoms with Gasteiger partial charge in [-0.1, -0.05) is 13.3 Å². The van der Waals surface area contributed by atoms with E-state index in [1.54, 1.807) is 0 Å². The lowest BCUT2D eigenvalue weighted by Crippen LogP contribution is -1.90. The van der Waals surface area contributed by atoms with Gasteiger partial charge in [0.1, 0.15) is 5.76 Å². The fourth-order valence-corrected chi connectivity index (χ4v) is 2.11. The maximum Gasteiger partial charge on any atom is 0.524 e. The van der Waals surface area contributed by atoms with Crippen LogP contribution in [-0.2, 0) is 9.09 Å². The van der Waals surface area contributed by atoms with Crippen molar-refractivity contribution >= 4 is 7.82 Å². The summed E-state index contributed by atoms with van der Waals surface area (Å²) in [6.07, 6.45) is 4.41. The van der Waals surface area contributed by atoms with Crippen LogP contribution in [0.15, 0.2) is 11.3 Å². The Hall–Kier alpha value is -0.310. The molecule has 0 heterocycles. The molecule has 0 unspecified atom stereocenters. The standard InChI is InChI=1S/C8H15O4P/c1-2-4-7-5-3-6-8(7)12-13(9,10)11/h2-6H2,1H3,(H2,9,10,11). The van der Waals surface area contributed by atoms with Gasteiger partial charge < -0.3 is 4.52 Å². The van der Waals surface area contributed by atoms with Gasteiger partial charge in [0.05, 0.1) is 0 Å². The molecular weight excluding hydrogens is 191 g/mol. The number of hydrogen-bond acceptors (Lipinski definition) is 2. The van der Waals surface area contributed by atoms with E-state index >= 15 is 0 Å². The minimum atomic E-state index is -4.33. The van der Waals surface area contributed by atoms with Gasteiger partial charge >= 0.3 is 7.82 Å². The highest BCUT2D eigenvalue weighted by atomic mass is 31.2. The van der Waals surface area contributed by atoms with Crippen LogP contribution in [0.2, 0.25) is 0 Å². The normalized spacial score (nSPS) is 18.1. The Balaban J connectivity index is 2.65. The van der Waals surface area contributed by atoms with Crippen LogP contribution in [0.1, 0.15) is 39.0 Å². The van der Waals surface area contributed by atoms with Crippen molar-refractivity contribution in [3.05, 3.63) is 11.3 Å². The molecule has 1 rings (SSSR count). The minimum absolute atomic E-state index is 0.523. The largest absolute Gasteiger partial charge is 0.524 e. The summed E-state index contributed by atoms with van der Waals surface area (Å²) in [6.45, 7) is 2.04. The molecule has 0 aliphatic heterocycles. The van der Waals surface area contributed by atoms with Crippen LogP contribution in [0, 0.1) is 0 Å². The molecule has 1 aliphatic rings. The van der Waals surface area contributed by atoms with Crippen molar-refractivity contribution in [2.75, 3.05) is 0 Å². The smallest absolute Gasteiger partial charge is 0.409 e. The van der Waals surface area contributed by atoms with E-state index in [-0.39, 0.29) is 0 Å². The van der Waals surface area contributed by atoms with E-state index in [9.17, 15) is 4.57 Å². The van der Waals surface area contributed by atoms with E-state index in [2.05, 4.69) is 4.52 Å². The Kier molecular flexibility index (Phi) is 3.54. The van der Waals surface area contributed by atoms with Gasteiger partial charge in [0.15, 0.2) is 0 Å². The second-order valence-electron chi connectivity index (χ2n) is 3.21. The van der Waals surface area contributed by atoms with E-state index in [1.807, 2.05) is 6.92 Å². The van der Waals surface area contributed by atoms with Crippen LogP contribution >= 0.6 is 7.82 Å². The Morgan fingerprint density at radius 1 is 1.46 bits per heavy atom. The molecule has 1 aliphatic carbocycles. The third-order valence-electron chi connectivity index (χ3n) is 2.06. The first-order valence-electron chi connectivity index (χ1n) is 4.49. The topological polar surface area (TPSA) is 66.8 Å². The molecule has 76 valence electrons. The lowest BCUT2D eigenvalue weighted by atomic mass is 10.1. The van der Waals surface area contributed by atoms with Gasteiger partial charge in [-0.05, 0) is 24.8 Å². The van der Waals surface area contributed by atoms with Crippen molar-refractivity contribution in [3.8, 4) is 0 Å². The van der Waals surface area contributed by atoms with Gasteiger partial charge in [-0.15, -0.1) is 0 Å². The van der Waals surface area contributed by atoms with E-state index in [1.165, 1.54) is 0 Å². The average molecular weight is 206 g/mol. The molecule has 0 saturated carbocycles. The Morgan fingerprint density at radius 2 is 2.15 bits per heavy atom. The number of hydrogen-bond donors (Lipinski definition) is 2. The molecule has 0 aromatic heterocycles. The van der Waals surface area contributed by atoms with Crippen molar-refractivity contribution in [2.45, 2.75) is 39.0 Å². The second-order valence-corrected chi connectivity index (χ2v) is 4.38. The molecule has 4 nitrogen and oxygen atoms in total. The predicted octanol–water partition coefficient (Wildman–Crippen LogP) is 2.33. The summed E-state index contributed by atoms with van der Waals surface area (Å²) in [6, 6.07) is 0. The average Bonchev–Trinajstić information content (AvgIpc) is 2.34. The predicted molar refractivity (Wildman–Crippen MR) is 48.9 cm³/mol. The van der Waals surface area contributed by atoms with Crippen molar-refractivity contribution < 1.29 is 18.9 Å². The Bertz CT molecular complexity index is 253. The number of phosphoric ester groups is 1. The third kappa shape index (κ3) is 3.51. The quantitative estimate of drug-likeness (QED) is 0.693. The molecule has 5 heteroatoms. The highest BCUT2D eigenvalue weighted by molar-refractivity contribution is 7.46. The number of allylic oxidation sites excluding steroid dienone is 2. The SMILES string of the molecule is CCCC1=C(OP(=O)(O)O)CCC1. The maximum atomic E-state index is 10.6. The first-order chi connectivity index (χ1) is 6.03. The molecule has 13 heavy (non-hydrogen) atoms. The van der Waals surface area contributed by atoms with Crippen molar-refractivity contribution in [1.82, 2.24) is 0 Å². The van der Waals surface area contributed by atoms with Gasteiger partial charge in [-0.2, -0.15) is 0 Å². The van der Waals surface area contributed by atoms with E-state index in [4.69, 9.17) is 9.79 Å². The zero-order chi connectivity index (χ0) is 9.90. The van der Waals surface area contributed by atoms with Gasteiger partial charge in [0.25, 0.3) is 0 Å². The van der Waals surface area contributed by atoms with Gasteiger partial charge in [-0.25, -0.2) is 4.57 Å². The van der Waals surface area contributed by atoms with Crippen LogP contribution in [0.5, 0.6) is 0 Å². The molecule has 0 spiro atoms. The van der Waals surface area contributed by atoms with E-state index < -0.39 is 7.82 Å². The van der Waals surface area contributed by atoms with Crippen molar-refractivity contribution in [3.63, 3.8) is 0 Å². The fourth-order valence-electron chi connectivity index (χ4n) is 1.60. The molecule has 2 N–H and O–H groups in total. The van der Waals surface area contributed by atoms with Crippen LogP contribution in [0.3, 0.4) is 0 Å². The summed E-state index contributed by atoms with van der Waals surface area (Å²) in [5.41, 5.74) is 1.07. The highest BCUT2D eigenvalue weighted by Crippen LogP contribution is 2.44. The molecule has 0 radical (unpaired) electrons. The summed E-state index contributed by atoms with van der Waals surface area (Å²) in [5.74, 6) is 0.523. The van der Waals surface area contributed by atoms with Crippen LogP contribution in [0.4, 0.5) is 0 Å². The molecule has 0 saturated heterocycles. The summed E-state index contributed by atoms with van der Waals surface area (Å²) >= 11 is 0. The lowest BCUT2D eigenvalue weighted by Gasteiger charge is -2.09. The van der Waals surface area contributed by atoms with Gasteiger partial charge in [0, 0.05) is 6.42 Å². The molecule has 0 fully saturated rings. The van der Waals surface area contributed by atoms with Crippen molar-refractivity contribution in [2.24, 2.45) is 0 Å². The van der Waals surface area contributed by atoms with E-state index in [0.717, 1.165) is 31.3 Å². The summed E-state index contributed by atoms with van der Waals surface area (Å²) in [7, 11) is -4.33. The molecule has 0 amide bonds. The first kappa shape index (κ1) is 10.8. The third-order valence-corrected chi connectivity index (χ3v) is 2.52. The molecule has 0 aromatic rings. The molecule has 0 aromatic carbocycles. The Morgan fingerprint density at radius 3 is 2.69 bits per heavy atom. The highest BCUT2D eigenvalue weighted by Gasteiger charge is 2.23. The first-order valence-corrected chi connectivity index (χ1v) is 6.02.